The lowest BCUT2D eigenvalue weighted by molar-refractivity contribution is 0.598. The number of thiazole rings is 1. The summed E-state index contributed by atoms with van der Waals surface area (Å²) in [5.41, 5.74) is 7.24. The molecule has 1 aromatic carbocycles. The molecule has 0 atom stereocenters. The zero-order valence-electron chi connectivity index (χ0n) is 10.0. The van der Waals surface area contributed by atoms with E-state index in [4.69, 9.17) is 5.73 Å². The first-order valence-electron chi connectivity index (χ1n) is 5.58. The number of sulfonamides is 1. The van der Waals surface area contributed by atoms with Gasteiger partial charge in [0, 0.05) is 0 Å². The summed E-state index contributed by atoms with van der Waals surface area (Å²) in [4.78, 5) is 4.24. The Kier molecular flexibility index (Phi) is 3.84. The van der Waals surface area contributed by atoms with E-state index in [2.05, 4.69) is 9.71 Å². The molecule has 0 saturated heterocycles. The van der Waals surface area contributed by atoms with E-state index in [1.807, 2.05) is 25.1 Å². The Hall–Kier alpha value is -1.18. The Bertz CT molecular complexity index is 649. The van der Waals surface area contributed by atoms with Crippen LogP contribution in [0.4, 0.5) is 5.13 Å². The molecule has 7 heteroatoms. The summed E-state index contributed by atoms with van der Waals surface area (Å²) in [6.45, 7) is 2.35. The largest absolute Gasteiger partial charge is 0.330 e. The average molecular weight is 285 g/mol. The summed E-state index contributed by atoms with van der Waals surface area (Å²) >= 11 is 1.34. The highest BCUT2D eigenvalue weighted by molar-refractivity contribution is 7.92. The molecule has 18 heavy (non-hydrogen) atoms. The Morgan fingerprint density at radius 2 is 2.22 bits per heavy atom. The minimum Gasteiger partial charge on any atom is -0.330 e. The molecule has 1 aromatic heterocycles. The molecule has 0 aliphatic heterocycles. The van der Waals surface area contributed by atoms with Crippen LogP contribution >= 0.6 is 11.3 Å². The van der Waals surface area contributed by atoms with Crippen LogP contribution < -0.4 is 10.5 Å². The third-order valence-corrected chi connectivity index (χ3v) is 4.80. The number of benzene rings is 1. The lowest BCUT2D eigenvalue weighted by Gasteiger charge is -2.02. The van der Waals surface area contributed by atoms with E-state index in [0.29, 0.717) is 18.1 Å². The molecule has 0 amide bonds. The van der Waals surface area contributed by atoms with Gasteiger partial charge >= 0.3 is 0 Å². The van der Waals surface area contributed by atoms with Gasteiger partial charge in [-0.05, 0) is 37.6 Å². The summed E-state index contributed by atoms with van der Waals surface area (Å²) in [6.07, 6.45) is 0.444. The number of rotatable bonds is 5. The molecule has 1 heterocycles. The van der Waals surface area contributed by atoms with Crippen molar-refractivity contribution in [1.82, 2.24) is 4.98 Å². The van der Waals surface area contributed by atoms with Gasteiger partial charge in [-0.3, -0.25) is 4.72 Å². The predicted molar refractivity (Wildman–Crippen MR) is 75.4 cm³/mol. The first-order valence-corrected chi connectivity index (χ1v) is 8.05. The van der Waals surface area contributed by atoms with Gasteiger partial charge < -0.3 is 5.73 Å². The van der Waals surface area contributed by atoms with Crippen LogP contribution in [0.15, 0.2) is 18.2 Å². The van der Waals surface area contributed by atoms with Crippen molar-refractivity contribution in [2.75, 3.05) is 17.0 Å². The number of nitrogens with one attached hydrogen (secondary N) is 1. The minimum absolute atomic E-state index is 0.0262. The third-order valence-electron chi connectivity index (χ3n) is 2.40. The number of aryl methyl sites for hydroxylation is 1. The minimum atomic E-state index is -3.34. The van der Waals surface area contributed by atoms with Crippen LogP contribution in [0.5, 0.6) is 0 Å². The molecule has 0 bridgehead atoms. The second-order valence-electron chi connectivity index (χ2n) is 4.05. The normalized spacial score (nSPS) is 11.9. The quantitative estimate of drug-likeness (QED) is 0.875. The summed E-state index contributed by atoms with van der Waals surface area (Å²) in [7, 11) is -3.34. The van der Waals surface area contributed by atoms with Gasteiger partial charge in [-0.25, -0.2) is 13.4 Å². The van der Waals surface area contributed by atoms with Crippen LogP contribution in [0.1, 0.15) is 12.0 Å². The number of anilines is 1. The maximum absolute atomic E-state index is 11.7. The van der Waals surface area contributed by atoms with Crippen LogP contribution in [0.2, 0.25) is 0 Å². The van der Waals surface area contributed by atoms with E-state index < -0.39 is 10.0 Å². The van der Waals surface area contributed by atoms with E-state index in [9.17, 15) is 8.42 Å². The monoisotopic (exact) mass is 285 g/mol. The average Bonchev–Trinajstić information content (AvgIpc) is 2.66. The lowest BCUT2D eigenvalue weighted by atomic mass is 10.2. The highest BCUT2D eigenvalue weighted by atomic mass is 32.2. The molecule has 0 fully saturated rings. The van der Waals surface area contributed by atoms with Gasteiger partial charge in [-0.1, -0.05) is 17.4 Å². The van der Waals surface area contributed by atoms with Crippen LogP contribution in [-0.4, -0.2) is 25.7 Å². The second-order valence-corrected chi connectivity index (χ2v) is 6.93. The fourth-order valence-corrected chi connectivity index (χ4v) is 3.86. The maximum Gasteiger partial charge on any atom is 0.234 e. The molecule has 0 radical (unpaired) electrons. The smallest absolute Gasteiger partial charge is 0.234 e. The number of hydrogen-bond acceptors (Lipinski definition) is 5. The van der Waals surface area contributed by atoms with Crippen LogP contribution in [-0.2, 0) is 10.0 Å². The zero-order chi connectivity index (χ0) is 13.2. The Morgan fingerprint density at radius 1 is 1.44 bits per heavy atom. The second kappa shape index (κ2) is 5.21. The van der Waals surface area contributed by atoms with Crippen molar-refractivity contribution in [2.45, 2.75) is 13.3 Å². The molecule has 0 aliphatic carbocycles. The molecule has 0 aliphatic rings. The SMILES string of the molecule is Cc1ccc2nc(NS(=O)(=O)CCCN)sc2c1. The van der Waals surface area contributed by atoms with E-state index >= 15 is 0 Å². The molecule has 0 unspecified atom stereocenters. The van der Waals surface area contributed by atoms with Crippen molar-refractivity contribution in [3.05, 3.63) is 23.8 Å². The van der Waals surface area contributed by atoms with Crippen LogP contribution in [0.3, 0.4) is 0 Å². The van der Waals surface area contributed by atoms with Crippen molar-refractivity contribution in [1.29, 1.82) is 0 Å². The molecule has 5 nitrogen and oxygen atoms in total. The van der Waals surface area contributed by atoms with E-state index in [1.165, 1.54) is 11.3 Å². The molecule has 2 aromatic rings. The number of fused-ring (bicyclic) bond motifs is 1. The summed E-state index contributed by atoms with van der Waals surface area (Å²) in [5, 5.41) is 0.410. The Balaban J connectivity index is 2.22. The number of hydrogen-bond donors (Lipinski definition) is 2. The molecule has 0 saturated carbocycles. The van der Waals surface area contributed by atoms with Gasteiger partial charge in [-0.15, -0.1) is 0 Å². The van der Waals surface area contributed by atoms with E-state index in [1.54, 1.807) is 0 Å². The van der Waals surface area contributed by atoms with E-state index in [0.717, 1.165) is 15.8 Å². The highest BCUT2D eigenvalue weighted by Gasteiger charge is 2.12. The lowest BCUT2D eigenvalue weighted by Crippen LogP contribution is -2.18. The Labute approximate surface area is 110 Å². The van der Waals surface area contributed by atoms with Gasteiger partial charge in [0.1, 0.15) is 0 Å². The Morgan fingerprint density at radius 3 is 2.94 bits per heavy atom. The van der Waals surface area contributed by atoms with Gasteiger partial charge in [0.05, 0.1) is 16.0 Å². The fourth-order valence-electron chi connectivity index (χ4n) is 1.53. The first kappa shape index (κ1) is 13.3. The molecular weight excluding hydrogens is 270 g/mol. The third kappa shape index (κ3) is 3.18. The van der Waals surface area contributed by atoms with Gasteiger partial charge in [-0.2, -0.15) is 0 Å². The molecule has 98 valence electrons. The number of nitrogens with zero attached hydrogens (tertiary/aromatic N) is 1. The molecule has 0 spiro atoms. The van der Waals surface area contributed by atoms with Gasteiger partial charge in [0.25, 0.3) is 0 Å². The predicted octanol–water partition coefficient (Wildman–Crippen LogP) is 1.70. The zero-order valence-corrected chi connectivity index (χ0v) is 11.6. The van der Waals surface area contributed by atoms with Crippen molar-refractivity contribution in [3.63, 3.8) is 0 Å². The van der Waals surface area contributed by atoms with Gasteiger partial charge in [0.15, 0.2) is 5.13 Å². The molecular formula is C11H15N3O2S2. The molecule has 2 rings (SSSR count). The fraction of sp³-hybridized carbons (Fsp3) is 0.364. The first-order chi connectivity index (χ1) is 8.50. The topological polar surface area (TPSA) is 85.1 Å². The van der Waals surface area contributed by atoms with Crippen molar-refractivity contribution in [2.24, 2.45) is 5.73 Å². The van der Waals surface area contributed by atoms with Crippen molar-refractivity contribution < 1.29 is 8.42 Å². The van der Waals surface area contributed by atoms with Crippen LogP contribution in [0, 0.1) is 6.92 Å². The van der Waals surface area contributed by atoms with Crippen molar-refractivity contribution >= 4 is 36.7 Å². The molecule has 3 N–H and O–H groups in total. The number of nitrogens with two attached hydrogens (primary N) is 1. The van der Waals surface area contributed by atoms with Gasteiger partial charge in [0.2, 0.25) is 10.0 Å². The standard InChI is InChI=1S/C11H15N3O2S2/c1-8-3-4-9-10(7-8)17-11(13-9)14-18(15,16)6-2-5-12/h3-4,7H,2,5-6,12H2,1H3,(H,13,14). The highest BCUT2D eigenvalue weighted by Crippen LogP contribution is 2.27. The summed E-state index contributed by atoms with van der Waals surface area (Å²) in [6, 6.07) is 5.83. The summed E-state index contributed by atoms with van der Waals surface area (Å²) < 4.78 is 26.9. The number of aromatic nitrogens is 1. The summed E-state index contributed by atoms with van der Waals surface area (Å²) in [5.74, 6) is 0.0262. The maximum atomic E-state index is 11.7. The van der Waals surface area contributed by atoms with Crippen molar-refractivity contribution in [3.8, 4) is 0 Å². The van der Waals surface area contributed by atoms with Crippen LogP contribution in [0.25, 0.3) is 10.2 Å². The van der Waals surface area contributed by atoms with E-state index in [-0.39, 0.29) is 5.75 Å².